The Kier molecular flexibility index (Phi) is 10.7. The van der Waals surface area contributed by atoms with Gasteiger partial charge in [-0.2, -0.15) is 0 Å². The molecule has 0 spiro atoms. The number of hydrogen-bond donors (Lipinski definition) is 1. The zero-order chi connectivity index (χ0) is 21.1. The zero-order valence-corrected chi connectivity index (χ0v) is 18.0. The molecule has 28 heavy (non-hydrogen) atoms. The van der Waals surface area contributed by atoms with E-state index in [-0.39, 0.29) is 22.7 Å². The number of ketones is 2. The van der Waals surface area contributed by atoms with Crippen molar-refractivity contribution in [3.8, 4) is 0 Å². The summed E-state index contributed by atoms with van der Waals surface area (Å²) in [4.78, 5) is 36.3. The van der Waals surface area contributed by atoms with Crippen LogP contribution in [0, 0.1) is 0 Å². The Hall–Kier alpha value is -1.97. The average molecular weight is 389 g/mol. The normalized spacial score (nSPS) is 15.6. The molecule has 4 nitrogen and oxygen atoms in total. The first-order chi connectivity index (χ1) is 13.3. The molecule has 0 amide bonds. The lowest BCUT2D eigenvalue weighted by molar-refractivity contribution is -0.132. The lowest BCUT2D eigenvalue weighted by Gasteiger charge is -2.17. The van der Waals surface area contributed by atoms with E-state index in [1.165, 1.54) is 51.0 Å². The van der Waals surface area contributed by atoms with E-state index < -0.39 is 5.97 Å². The third-order valence-corrected chi connectivity index (χ3v) is 5.63. The number of hydrogen-bond acceptors (Lipinski definition) is 3. The monoisotopic (exact) mass is 388 g/mol. The highest BCUT2D eigenvalue weighted by Crippen LogP contribution is 2.26. The second-order valence-electron chi connectivity index (χ2n) is 7.85. The molecule has 1 N–H and O–H groups in total. The molecular weight excluding hydrogens is 352 g/mol. The minimum absolute atomic E-state index is 0.174. The van der Waals surface area contributed by atoms with Crippen LogP contribution in [0.25, 0.3) is 0 Å². The summed E-state index contributed by atoms with van der Waals surface area (Å²) in [6.45, 7) is 7.08. The van der Waals surface area contributed by atoms with Crippen LogP contribution in [0.5, 0.6) is 0 Å². The van der Waals surface area contributed by atoms with Gasteiger partial charge in [0.1, 0.15) is 0 Å². The maximum Gasteiger partial charge on any atom is 0.331 e. The van der Waals surface area contributed by atoms with Gasteiger partial charge in [-0.05, 0) is 39.7 Å². The summed E-state index contributed by atoms with van der Waals surface area (Å²) in [7, 11) is 0. The number of unbranched alkanes of at least 4 members (excludes halogenated alkanes) is 9. The Balaban J connectivity index is 2.53. The molecule has 0 aromatic rings. The van der Waals surface area contributed by atoms with Gasteiger partial charge in [0.15, 0.2) is 11.6 Å². The highest BCUT2D eigenvalue weighted by molar-refractivity contribution is 6.25. The molecule has 156 valence electrons. The van der Waals surface area contributed by atoms with E-state index in [2.05, 4.69) is 6.92 Å². The summed E-state index contributed by atoms with van der Waals surface area (Å²) in [6.07, 6.45) is 13.7. The van der Waals surface area contributed by atoms with Crippen LogP contribution in [0.3, 0.4) is 0 Å². The number of rotatable bonds is 13. The number of carboxylic acids is 1. The summed E-state index contributed by atoms with van der Waals surface area (Å²) in [5.41, 5.74) is 1.65. The van der Waals surface area contributed by atoms with E-state index in [1.54, 1.807) is 20.8 Å². The molecule has 0 bridgehead atoms. The number of aliphatic carboxylic acids is 1. The Labute approximate surface area is 169 Å². The van der Waals surface area contributed by atoms with Gasteiger partial charge in [-0.15, -0.1) is 0 Å². The molecule has 1 aliphatic carbocycles. The fourth-order valence-electron chi connectivity index (χ4n) is 3.51. The molecule has 0 heterocycles. The van der Waals surface area contributed by atoms with Crippen molar-refractivity contribution in [3.05, 3.63) is 33.9 Å². The smallest absolute Gasteiger partial charge is 0.331 e. The molecule has 0 atom stereocenters. The van der Waals surface area contributed by atoms with Crippen molar-refractivity contribution in [2.24, 2.45) is 0 Å². The molecule has 0 aliphatic heterocycles. The Morgan fingerprint density at radius 2 is 1.21 bits per heavy atom. The SMILES string of the molecule is CCCCCCCCCCCC/C(=C\C1=C(C)C(=O)C(C)=C(C)C1=O)C(=O)O. The highest BCUT2D eigenvalue weighted by Gasteiger charge is 2.27. The molecule has 1 rings (SSSR count). The van der Waals surface area contributed by atoms with Crippen LogP contribution in [0.15, 0.2) is 33.9 Å². The van der Waals surface area contributed by atoms with Crippen LogP contribution < -0.4 is 0 Å². The van der Waals surface area contributed by atoms with Gasteiger partial charge in [0.2, 0.25) is 0 Å². The zero-order valence-electron chi connectivity index (χ0n) is 18.0. The molecular formula is C24H36O4. The topological polar surface area (TPSA) is 71.4 Å². The van der Waals surface area contributed by atoms with Crippen molar-refractivity contribution in [1.29, 1.82) is 0 Å². The lowest BCUT2D eigenvalue weighted by atomic mass is 9.85. The van der Waals surface area contributed by atoms with Crippen molar-refractivity contribution in [2.75, 3.05) is 0 Å². The molecule has 4 heteroatoms. The summed E-state index contributed by atoms with van der Waals surface area (Å²) in [5.74, 6) is -1.43. The maximum atomic E-state index is 12.5. The molecule has 0 aromatic carbocycles. The standard InChI is InChI=1S/C24H36O4/c1-5-6-7-8-9-10-11-12-13-14-15-20(24(27)28)16-21-19(4)22(25)17(2)18(3)23(21)26/h16H,5-15H2,1-4H3,(H,27,28)/b20-16+. The summed E-state index contributed by atoms with van der Waals surface area (Å²) < 4.78 is 0. The van der Waals surface area contributed by atoms with E-state index in [0.717, 1.165) is 19.3 Å². The van der Waals surface area contributed by atoms with Gasteiger partial charge in [0.05, 0.1) is 0 Å². The van der Waals surface area contributed by atoms with Gasteiger partial charge >= 0.3 is 5.97 Å². The average Bonchev–Trinajstić information content (AvgIpc) is 2.67. The minimum atomic E-state index is -1.01. The third-order valence-electron chi connectivity index (χ3n) is 5.63. The second kappa shape index (κ2) is 12.5. The number of Topliss-reactive ketones (excluding diaryl/α,β-unsaturated/α-hetero) is 2. The van der Waals surface area contributed by atoms with E-state index in [4.69, 9.17) is 0 Å². The van der Waals surface area contributed by atoms with Gasteiger partial charge in [-0.1, -0.05) is 64.7 Å². The molecule has 0 saturated carbocycles. The van der Waals surface area contributed by atoms with Gasteiger partial charge in [-0.25, -0.2) is 4.79 Å². The molecule has 0 radical (unpaired) electrons. The Morgan fingerprint density at radius 1 is 0.750 bits per heavy atom. The number of carbonyl (C=O) groups is 3. The van der Waals surface area contributed by atoms with Crippen LogP contribution >= 0.6 is 0 Å². The number of allylic oxidation sites excluding steroid dienone is 5. The van der Waals surface area contributed by atoms with Crippen molar-refractivity contribution in [1.82, 2.24) is 0 Å². The molecule has 0 unspecified atom stereocenters. The first-order valence-corrected chi connectivity index (χ1v) is 10.7. The van der Waals surface area contributed by atoms with Gasteiger partial charge < -0.3 is 5.11 Å². The first-order valence-electron chi connectivity index (χ1n) is 10.7. The van der Waals surface area contributed by atoms with Crippen LogP contribution in [-0.2, 0) is 14.4 Å². The number of carboxylic acid groups (broad SMARTS) is 1. The van der Waals surface area contributed by atoms with E-state index in [9.17, 15) is 19.5 Å². The Bertz CT molecular complexity index is 677. The number of carbonyl (C=O) groups excluding carboxylic acids is 2. The first kappa shape index (κ1) is 24.1. The summed E-state index contributed by atoms with van der Waals surface area (Å²) in [5, 5.41) is 9.50. The second-order valence-corrected chi connectivity index (χ2v) is 7.85. The Morgan fingerprint density at radius 3 is 1.71 bits per heavy atom. The predicted octanol–water partition coefficient (Wildman–Crippen LogP) is 6.11. The van der Waals surface area contributed by atoms with Crippen molar-refractivity contribution in [2.45, 2.75) is 98.3 Å². The molecule has 0 saturated heterocycles. The van der Waals surface area contributed by atoms with E-state index >= 15 is 0 Å². The van der Waals surface area contributed by atoms with Crippen molar-refractivity contribution < 1.29 is 19.5 Å². The van der Waals surface area contributed by atoms with Crippen molar-refractivity contribution >= 4 is 17.5 Å². The molecule has 0 fully saturated rings. The van der Waals surface area contributed by atoms with Gasteiger partial charge in [0, 0.05) is 27.9 Å². The minimum Gasteiger partial charge on any atom is -0.478 e. The van der Waals surface area contributed by atoms with E-state index in [1.807, 2.05) is 0 Å². The summed E-state index contributed by atoms with van der Waals surface area (Å²) >= 11 is 0. The predicted molar refractivity (Wildman–Crippen MR) is 113 cm³/mol. The third kappa shape index (κ3) is 7.21. The lowest BCUT2D eigenvalue weighted by Crippen LogP contribution is -2.20. The fraction of sp³-hybridized carbons (Fsp3) is 0.625. The maximum absolute atomic E-state index is 12.5. The quantitative estimate of drug-likeness (QED) is 0.235. The van der Waals surface area contributed by atoms with Crippen LogP contribution in [0.1, 0.15) is 98.3 Å². The van der Waals surface area contributed by atoms with Crippen LogP contribution in [-0.4, -0.2) is 22.6 Å². The van der Waals surface area contributed by atoms with Crippen LogP contribution in [0.4, 0.5) is 0 Å². The van der Waals surface area contributed by atoms with Crippen LogP contribution in [0.2, 0.25) is 0 Å². The molecule has 0 aromatic heterocycles. The molecule has 1 aliphatic rings. The largest absolute Gasteiger partial charge is 0.478 e. The fourth-order valence-corrected chi connectivity index (χ4v) is 3.51. The van der Waals surface area contributed by atoms with Crippen molar-refractivity contribution in [3.63, 3.8) is 0 Å². The summed E-state index contributed by atoms with van der Waals surface area (Å²) in [6, 6.07) is 0. The highest BCUT2D eigenvalue weighted by atomic mass is 16.4. The van der Waals surface area contributed by atoms with E-state index in [0.29, 0.717) is 23.1 Å². The van der Waals surface area contributed by atoms with Gasteiger partial charge in [-0.3, -0.25) is 9.59 Å². The van der Waals surface area contributed by atoms with Gasteiger partial charge in [0.25, 0.3) is 0 Å².